The molecule has 0 spiro atoms. The summed E-state index contributed by atoms with van der Waals surface area (Å²) in [4.78, 5) is 12.1. The van der Waals surface area contributed by atoms with E-state index in [1.54, 1.807) is 30.3 Å². The van der Waals surface area contributed by atoms with Crippen LogP contribution in [0.4, 0.5) is 10.6 Å². The molecule has 1 amide bonds. The van der Waals surface area contributed by atoms with Gasteiger partial charge in [0.2, 0.25) is 0 Å². The molecule has 0 aliphatic rings. The van der Waals surface area contributed by atoms with Gasteiger partial charge in [0.1, 0.15) is 5.75 Å². The number of ether oxygens (including phenoxy) is 1. The lowest BCUT2D eigenvalue weighted by Gasteiger charge is -2.06. The molecule has 0 unspecified atom stereocenters. The van der Waals surface area contributed by atoms with Crippen LogP contribution in [-0.4, -0.2) is 11.2 Å². The van der Waals surface area contributed by atoms with E-state index in [-0.39, 0.29) is 5.82 Å². The smallest absolute Gasteiger partial charge is 0.410 e. The fraction of sp³-hybridized carbons (Fsp3) is 0. The summed E-state index contributed by atoms with van der Waals surface area (Å²) in [6.45, 7) is 0. The number of aromatic nitrogens is 1. The lowest BCUT2D eigenvalue weighted by atomic mass is 10.1. The lowest BCUT2D eigenvalue weighted by Crippen LogP contribution is -2.17. The van der Waals surface area contributed by atoms with Crippen molar-refractivity contribution in [3.05, 3.63) is 65.7 Å². The molecule has 0 radical (unpaired) electrons. The molecule has 1 N–H and O–H groups in total. The van der Waals surface area contributed by atoms with Crippen LogP contribution in [0.1, 0.15) is 0 Å². The van der Waals surface area contributed by atoms with Gasteiger partial charge in [-0.3, -0.25) is 5.32 Å². The average Bonchev–Trinajstić information content (AvgIpc) is 2.96. The topological polar surface area (TPSA) is 64.4 Å². The lowest BCUT2D eigenvalue weighted by molar-refractivity contribution is 0.215. The van der Waals surface area contributed by atoms with Crippen LogP contribution in [0.15, 0.2) is 65.2 Å². The highest BCUT2D eigenvalue weighted by Gasteiger charge is 2.13. The maximum absolute atomic E-state index is 12.1. The van der Waals surface area contributed by atoms with Gasteiger partial charge in [0, 0.05) is 11.1 Å². The van der Waals surface area contributed by atoms with Gasteiger partial charge in [-0.05, 0) is 35.0 Å². The number of carbonyl (C=O) groups is 1. The molecule has 0 aliphatic carbocycles. The van der Waals surface area contributed by atoms with Crippen LogP contribution in [0.2, 0.25) is 5.02 Å². The molecule has 5 nitrogen and oxygen atoms in total. The molecule has 0 aliphatic heterocycles. The number of fused-ring (bicyclic) bond motifs is 2. The molecule has 0 bridgehead atoms. The average molecular weight is 339 g/mol. The minimum absolute atomic E-state index is 0.285. The van der Waals surface area contributed by atoms with Crippen molar-refractivity contribution < 1.29 is 14.1 Å². The largest absolute Gasteiger partial charge is 0.418 e. The van der Waals surface area contributed by atoms with E-state index in [0.717, 1.165) is 10.8 Å². The zero-order valence-electron chi connectivity index (χ0n) is 12.3. The normalized spacial score (nSPS) is 10.9. The summed E-state index contributed by atoms with van der Waals surface area (Å²) in [6.07, 6.45) is -0.643. The Morgan fingerprint density at radius 3 is 2.75 bits per heavy atom. The van der Waals surface area contributed by atoms with Crippen LogP contribution < -0.4 is 10.1 Å². The monoisotopic (exact) mass is 338 g/mol. The van der Waals surface area contributed by atoms with Crippen LogP contribution in [0.5, 0.6) is 5.75 Å². The predicted octanol–water partition coefficient (Wildman–Crippen LogP) is 5.25. The van der Waals surface area contributed by atoms with E-state index < -0.39 is 6.09 Å². The molecule has 0 atom stereocenters. The van der Waals surface area contributed by atoms with Crippen molar-refractivity contribution in [2.24, 2.45) is 0 Å². The van der Waals surface area contributed by atoms with Crippen molar-refractivity contribution in [3.8, 4) is 5.75 Å². The van der Waals surface area contributed by atoms with Crippen LogP contribution >= 0.6 is 11.6 Å². The molecule has 0 saturated heterocycles. The van der Waals surface area contributed by atoms with Crippen molar-refractivity contribution in [1.29, 1.82) is 0 Å². The standard InChI is InChI=1S/C18H11ClN2O3/c19-13-6-8-15-16(10-13)24-21-17(15)20-18(22)23-14-7-5-11-3-1-2-4-12(11)9-14/h1-10H,(H,20,21,22). The number of amides is 1. The first-order valence-electron chi connectivity index (χ1n) is 7.22. The first-order valence-corrected chi connectivity index (χ1v) is 7.59. The van der Waals surface area contributed by atoms with Crippen molar-refractivity contribution in [1.82, 2.24) is 5.16 Å². The van der Waals surface area contributed by atoms with Gasteiger partial charge >= 0.3 is 6.09 Å². The minimum Gasteiger partial charge on any atom is -0.410 e. The van der Waals surface area contributed by atoms with Crippen molar-refractivity contribution >= 4 is 45.3 Å². The highest BCUT2D eigenvalue weighted by Crippen LogP contribution is 2.26. The molecule has 4 rings (SSSR count). The summed E-state index contributed by atoms with van der Waals surface area (Å²) >= 11 is 5.89. The molecule has 4 aromatic rings. The maximum atomic E-state index is 12.1. The Morgan fingerprint density at radius 2 is 1.88 bits per heavy atom. The van der Waals surface area contributed by atoms with Gasteiger partial charge in [-0.25, -0.2) is 4.79 Å². The molecule has 24 heavy (non-hydrogen) atoms. The van der Waals surface area contributed by atoms with Crippen molar-refractivity contribution in [2.75, 3.05) is 5.32 Å². The Labute approximate surface area is 141 Å². The quantitative estimate of drug-likeness (QED) is 0.542. The van der Waals surface area contributed by atoms with Crippen molar-refractivity contribution in [3.63, 3.8) is 0 Å². The van der Waals surface area contributed by atoms with E-state index in [1.165, 1.54) is 0 Å². The van der Waals surface area contributed by atoms with Gasteiger partial charge in [-0.15, -0.1) is 0 Å². The van der Waals surface area contributed by atoms with E-state index in [4.69, 9.17) is 20.9 Å². The minimum atomic E-state index is -0.643. The highest BCUT2D eigenvalue weighted by atomic mass is 35.5. The molecule has 0 fully saturated rings. The Kier molecular flexibility index (Phi) is 3.55. The predicted molar refractivity (Wildman–Crippen MR) is 92.6 cm³/mol. The third-order valence-electron chi connectivity index (χ3n) is 3.59. The zero-order chi connectivity index (χ0) is 16.5. The van der Waals surface area contributed by atoms with Crippen LogP contribution in [0, 0.1) is 0 Å². The third kappa shape index (κ3) is 2.77. The number of benzene rings is 3. The van der Waals surface area contributed by atoms with E-state index in [1.807, 2.05) is 30.3 Å². The number of halogens is 1. The number of hydrogen-bond acceptors (Lipinski definition) is 4. The number of carbonyl (C=O) groups excluding carboxylic acids is 1. The van der Waals surface area contributed by atoms with Gasteiger partial charge in [-0.1, -0.05) is 47.1 Å². The maximum Gasteiger partial charge on any atom is 0.418 e. The highest BCUT2D eigenvalue weighted by molar-refractivity contribution is 6.31. The Bertz CT molecular complexity index is 1060. The Morgan fingerprint density at radius 1 is 1.04 bits per heavy atom. The van der Waals surface area contributed by atoms with E-state index >= 15 is 0 Å². The summed E-state index contributed by atoms with van der Waals surface area (Å²) in [7, 11) is 0. The molecule has 6 heteroatoms. The molecule has 118 valence electrons. The van der Waals surface area contributed by atoms with Gasteiger partial charge in [0.15, 0.2) is 11.4 Å². The fourth-order valence-corrected chi connectivity index (χ4v) is 2.62. The summed E-state index contributed by atoms with van der Waals surface area (Å²) in [6, 6.07) is 18.3. The van der Waals surface area contributed by atoms with Gasteiger partial charge in [-0.2, -0.15) is 0 Å². The second-order valence-corrected chi connectivity index (χ2v) is 5.63. The van der Waals surface area contributed by atoms with E-state index in [2.05, 4.69) is 10.5 Å². The SMILES string of the molecule is O=C(Nc1noc2cc(Cl)ccc12)Oc1ccc2ccccc2c1. The number of anilines is 1. The number of rotatable bonds is 2. The first kappa shape index (κ1) is 14.5. The van der Waals surface area contributed by atoms with Gasteiger partial charge in [0.05, 0.1) is 5.39 Å². The molecule has 1 aromatic heterocycles. The summed E-state index contributed by atoms with van der Waals surface area (Å²) in [5.74, 6) is 0.731. The second kappa shape index (κ2) is 5.86. The van der Waals surface area contributed by atoms with Crippen LogP contribution in [0.25, 0.3) is 21.7 Å². The van der Waals surface area contributed by atoms with Gasteiger partial charge in [0.25, 0.3) is 0 Å². The van der Waals surface area contributed by atoms with E-state index in [0.29, 0.717) is 21.7 Å². The van der Waals surface area contributed by atoms with Crippen LogP contribution in [-0.2, 0) is 0 Å². The van der Waals surface area contributed by atoms with Gasteiger partial charge < -0.3 is 9.26 Å². The molecular weight excluding hydrogens is 328 g/mol. The summed E-state index contributed by atoms with van der Waals surface area (Å²) in [5.41, 5.74) is 0.489. The second-order valence-electron chi connectivity index (χ2n) is 5.20. The van der Waals surface area contributed by atoms with Crippen molar-refractivity contribution in [2.45, 2.75) is 0 Å². The molecule has 1 heterocycles. The Balaban J connectivity index is 1.54. The third-order valence-corrected chi connectivity index (χ3v) is 3.82. The fourth-order valence-electron chi connectivity index (χ4n) is 2.46. The Hall–Kier alpha value is -3.05. The molecule has 0 saturated carbocycles. The summed E-state index contributed by atoms with van der Waals surface area (Å²) in [5, 5.41) is 9.64. The number of nitrogens with zero attached hydrogens (tertiary/aromatic N) is 1. The zero-order valence-corrected chi connectivity index (χ0v) is 13.1. The number of hydrogen-bond donors (Lipinski definition) is 1. The van der Waals surface area contributed by atoms with Crippen LogP contribution in [0.3, 0.4) is 0 Å². The summed E-state index contributed by atoms with van der Waals surface area (Å²) < 4.78 is 10.4. The molecule has 3 aromatic carbocycles. The molecular formula is C18H11ClN2O3. The first-order chi connectivity index (χ1) is 11.7. The number of nitrogens with one attached hydrogen (secondary N) is 1. The van der Waals surface area contributed by atoms with E-state index in [9.17, 15) is 4.79 Å².